The van der Waals surface area contributed by atoms with Crippen molar-refractivity contribution in [1.82, 2.24) is 14.3 Å². The van der Waals surface area contributed by atoms with E-state index in [1.807, 2.05) is 40.9 Å². The average Bonchev–Trinajstić information content (AvgIpc) is 3.44. The lowest BCUT2D eigenvalue weighted by atomic mass is 10.2. The van der Waals surface area contributed by atoms with E-state index < -0.39 is 0 Å². The Hall–Kier alpha value is -2.32. The monoisotopic (exact) mass is 426 g/mol. The second-order valence-corrected chi connectivity index (χ2v) is 9.22. The molecule has 2 aliphatic heterocycles. The molecule has 0 radical (unpaired) electrons. The summed E-state index contributed by atoms with van der Waals surface area (Å²) in [6.45, 7) is 2.94. The first kappa shape index (κ1) is 18.7. The Morgan fingerprint density at radius 1 is 1.10 bits per heavy atom. The van der Waals surface area contributed by atoms with Crippen molar-refractivity contribution < 1.29 is 9.53 Å². The van der Waals surface area contributed by atoms with Gasteiger partial charge in [0.2, 0.25) is 5.88 Å². The third-order valence-electron chi connectivity index (χ3n) is 5.38. The summed E-state index contributed by atoms with van der Waals surface area (Å²) in [5.74, 6) is 3.83. The topological polar surface area (TPSA) is 58.6 Å². The molecule has 3 aromatic rings. The Bertz CT molecular complexity index is 993. The minimum Gasteiger partial charge on any atom is -0.473 e. The molecule has 8 heteroatoms. The third kappa shape index (κ3) is 3.91. The number of hydrogen-bond acceptors (Lipinski definition) is 7. The Morgan fingerprint density at radius 3 is 2.72 bits per heavy atom. The number of hydrogen-bond donors (Lipinski definition) is 0. The first-order valence-electron chi connectivity index (χ1n) is 9.87. The number of benzene rings is 1. The van der Waals surface area contributed by atoms with Crippen LogP contribution in [0.25, 0.3) is 10.1 Å². The van der Waals surface area contributed by atoms with Gasteiger partial charge in [0.1, 0.15) is 11.9 Å². The first-order chi connectivity index (χ1) is 14.3. The molecule has 2 aliphatic rings. The third-order valence-corrected chi connectivity index (χ3v) is 7.33. The van der Waals surface area contributed by atoms with E-state index in [4.69, 9.17) is 4.74 Å². The number of pyridine rings is 1. The Labute approximate surface area is 178 Å². The molecule has 1 amide bonds. The van der Waals surface area contributed by atoms with Gasteiger partial charge < -0.3 is 14.5 Å². The molecular weight excluding hydrogens is 404 g/mol. The van der Waals surface area contributed by atoms with Crippen LogP contribution in [0.4, 0.5) is 5.82 Å². The van der Waals surface area contributed by atoms with Gasteiger partial charge in [-0.2, -0.15) is 16.1 Å². The van der Waals surface area contributed by atoms with Crippen LogP contribution in [0, 0.1) is 0 Å². The lowest BCUT2D eigenvalue weighted by molar-refractivity contribution is 0.0746. The molecule has 0 saturated carbocycles. The summed E-state index contributed by atoms with van der Waals surface area (Å²) in [5, 5.41) is 1.19. The number of aromatic nitrogens is 2. The van der Waals surface area contributed by atoms with Gasteiger partial charge >= 0.3 is 0 Å². The molecule has 2 saturated heterocycles. The first-order valence-corrected chi connectivity index (χ1v) is 11.8. The zero-order valence-corrected chi connectivity index (χ0v) is 17.6. The van der Waals surface area contributed by atoms with Crippen LogP contribution in [-0.4, -0.2) is 64.0 Å². The van der Waals surface area contributed by atoms with Crippen molar-refractivity contribution >= 4 is 45.1 Å². The molecule has 0 aliphatic carbocycles. The maximum absolute atomic E-state index is 12.9. The highest BCUT2D eigenvalue weighted by molar-refractivity contribution is 7.99. The molecule has 0 bridgehead atoms. The lowest BCUT2D eigenvalue weighted by Crippen LogP contribution is -2.49. The fourth-order valence-electron chi connectivity index (χ4n) is 3.76. The summed E-state index contributed by atoms with van der Waals surface area (Å²) in [7, 11) is 0. The fourth-order valence-corrected chi connectivity index (χ4v) is 5.65. The number of carbonyl (C=O) groups is 1. The van der Waals surface area contributed by atoms with Crippen molar-refractivity contribution in [1.29, 1.82) is 0 Å². The SMILES string of the molecule is O=C(c1ccc(OC2CCSC2)nc1)N1CCN(c2nsc3ccccc23)CC1. The van der Waals surface area contributed by atoms with Crippen LogP contribution in [-0.2, 0) is 0 Å². The highest BCUT2D eigenvalue weighted by Gasteiger charge is 2.25. The minimum atomic E-state index is 0.0308. The summed E-state index contributed by atoms with van der Waals surface area (Å²) in [6, 6.07) is 11.9. The lowest BCUT2D eigenvalue weighted by Gasteiger charge is -2.35. The molecule has 0 spiro atoms. The number of rotatable bonds is 4. The molecule has 5 rings (SSSR count). The molecular formula is C21H22N4O2S2. The number of piperazine rings is 1. The van der Waals surface area contributed by atoms with Crippen LogP contribution >= 0.6 is 23.3 Å². The molecule has 150 valence electrons. The van der Waals surface area contributed by atoms with Crippen molar-refractivity contribution in [2.24, 2.45) is 0 Å². The molecule has 29 heavy (non-hydrogen) atoms. The largest absolute Gasteiger partial charge is 0.473 e. The smallest absolute Gasteiger partial charge is 0.255 e. The van der Waals surface area contributed by atoms with Gasteiger partial charge in [0.05, 0.1) is 10.3 Å². The summed E-state index contributed by atoms with van der Waals surface area (Å²) in [5.41, 5.74) is 0.616. The van der Waals surface area contributed by atoms with Gasteiger partial charge in [0.15, 0.2) is 0 Å². The quantitative estimate of drug-likeness (QED) is 0.636. The number of thioether (sulfide) groups is 1. The predicted octanol–water partition coefficient (Wildman–Crippen LogP) is 3.54. The van der Waals surface area contributed by atoms with Crippen LogP contribution in [0.15, 0.2) is 42.6 Å². The van der Waals surface area contributed by atoms with Crippen molar-refractivity contribution in [3.8, 4) is 5.88 Å². The van der Waals surface area contributed by atoms with Crippen LogP contribution in [0.5, 0.6) is 5.88 Å². The number of nitrogens with zero attached hydrogens (tertiary/aromatic N) is 4. The molecule has 4 heterocycles. The summed E-state index contributed by atoms with van der Waals surface area (Å²) < 4.78 is 11.7. The van der Waals surface area contributed by atoms with Gasteiger partial charge in [-0.3, -0.25) is 4.79 Å². The van der Waals surface area contributed by atoms with Crippen molar-refractivity contribution in [3.05, 3.63) is 48.2 Å². The van der Waals surface area contributed by atoms with Crippen molar-refractivity contribution in [3.63, 3.8) is 0 Å². The van der Waals surface area contributed by atoms with E-state index in [0.717, 1.165) is 36.8 Å². The average molecular weight is 427 g/mol. The maximum Gasteiger partial charge on any atom is 0.255 e. The van der Waals surface area contributed by atoms with E-state index in [0.29, 0.717) is 24.5 Å². The second-order valence-electron chi connectivity index (χ2n) is 7.27. The maximum atomic E-state index is 12.9. The van der Waals surface area contributed by atoms with E-state index in [2.05, 4.69) is 26.4 Å². The normalized spacial score (nSPS) is 19.7. The van der Waals surface area contributed by atoms with Crippen LogP contribution in [0.2, 0.25) is 0 Å². The van der Waals surface area contributed by atoms with Crippen LogP contribution < -0.4 is 9.64 Å². The molecule has 1 unspecified atom stereocenters. The summed E-state index contributed by atoms with van der Waals surface area (Å²) >= 11 is 3.44. The van der Waals surface area contributed by atoms with E-state index in [1.165, 1.54) is 21.6 Å². The highest BCUT2D eigenvalue weighted by Crippen LogP contribution is 2.30. The van der Waals surface area contributed by atoms with Gasteiger partial charge in [-0.25, -0.2) is 4.98 Å². The molecule has 1 aromatic carbocycles. The van der Waals surface area contributed by atoms with Gasteiger partial charge in [-0.05, 0) is 41.9 Å². The highest BCUT2D eigenvalue weighted by atomic mass is 32.2. The van der Waals surface area contributed by atoms with Gasteiger partial charge in [-0.15, -0.1) is 0 Å². The van der Waals surface area contributed by atoms with E-state index in [-0.39, 0.29) is 12.0 Å². The van der Waals surface area contributed by atoms with Gasteiger partial charge in [-0.1, -0.05) is 12.1 Å². The minimum absolute atomic E-state index is 0.0308. The molecule has 6 nitrogen and oxygen atoms in total. The van der Waals surface area contributed by atoms with Crippen LogP contribution in [0.1, 0.15) is 16.8 Å². The number of carbonyl (C=O) groups excluding carboxylic acids is 1. The van der Waals surface area contributed by atoms with Gasteiger partial charge in [0, 0.05) is 49.6 Å². The Kier molecular flexibility index (Phi) is 5.28. The van der Waals surface area contributed by atoms with Crippen molar-refractivity contribution in [2.75, 3.05) is 42.6 Å². The van der Waals surface area contributed by atoms with Crippen molar-refractivity contribution in [2.45, 2.75) is 12.5 Å². The van der Waals surface area contributed by atoms with Gasteiger partial charge in [0.25, 0.3) is 5.91 Å². The molecule has 1 atom stereocenters. The summed E-state index contributed by atoms with van der Waals surface area (Å²) in [4.78, 5) is 21.4. The standard InChI is InChI=1S/C21H22N4O2S2/c26-21(15-5-6-19(22-13-15)27-16-7-12-28-14-16)25-10-8-24(9-11-25)20-17-3-1-2-4-18(17)29-23-20/h1-6,13,16H,7-12,14H2. The number of ether oxygens (including phenoxy) is 1. The molecule has 2 aromatic heterocycles. The Morgan fingerprint density at radius 2 is 1.97 bits per heavy atom. The second kappa shape index (κ2) is 8.20. The summed E-state index contributed by atoms with van der Waals surface area (Å²) in [6.07, 6.45) is 2.94. The van der Waals surface area contributed by atoms with E-state index in [9.17, 15) is 4.79 Å². The van der Waals surface area contributed by atoms with E-state index >= 15 is 0 Å². The number of amides is 1. The predicted molar refractivity (Wildman–Crippen MR) is 118 cm³/mol. The number of fused-ring (bicyclic) bond motifs is 1. The molecule has 2 fully saturated rings. The zero-order chi connectivity index (χ0) is 19.6. The molecule has 0 N–H and O–H groups in total. The fraction of sp³-hybridized carbons (Fsp3) is 0.381. The van der Waals surface area contributed by atoms with Crippen LogP contribution in [0.3, 0.4) is 0 Å². The zero-order valence-electron chi connectivity index (χ0n) is 16.0. The Balaban J connectivity index is 1.21. The number of anilines is 1. The van der Waals surface area contributed by atoms with E-state index in [1.54, 1.807) is 6.20 Å².